The third kappa shape index (κ3) is 1.88. The van der Waals surface area contributed by atoms with Crippen LogP contribution in [0.3, 0.4) is 0 Å². The van der Waals surface area contributed by atoms with E-state index in [1.807, 2.05) is 0 Å². The van der Waals surface area contributed by atoms with Gasteiger partial charge in [0.2, 0.25) is 9.84 Å². The zero-order valence-corrected chi connectivity index (χ0v) is 12.0. The minimum absolute atomic E-state index is 0.0479. The van der Waals surface area contributed by atoms with Crippen LogP contribution in [-0.4, -0.2) is 59.9 Å². The molecule has 7 nitrogen and oxygen atoms in total. The van der Waals surface area contributed by atoms with Gasteiger partial charge in [0.15, 0.2) is 6.10 Å². The van der Waals surface area contributed by atoms with Gasteiger partial charge in [0.05, 0.1) is 11.5 Å². The van der Waals surface area contributed by atoms with Crippen LogP contribution in [0.5, 0.6) is 0 Å². The third-order valence-electron chi connectivity index (χ3n) is 3.94. The molecule has 0 aliphatic carbocycles. The Balaban J connectivity index is 2.13. The molecule has 3 rings (SSSR count). The van der Waals surface area contributed by atoms with Crippen molar-refractivity contribution in [2.45, 2.75) is 41.4 Å². The highest BCUT2D eigenvalue weighted by Gasteiger charge is 2.66. The summed E-state index contributed by atoms with van der Waals surface area (Å²) in [6.45, 7) is 1.39. The monoisotopic (exact) mass is 316 g/mol. The Morgan fingerprint density at radius 1 is 1.19 bits per heavy atom. The summed E-state index contributed by atoms with van der Waals surface area (Å²) < 4.78 is 36.2. The average molecular weight is 316 g/mol. The topological polar surface area (TPSA) is 113 Å². The van der Waals surface area contributed by atoms with E-state index >= 15 is 0 Å². The average Bonchev–Trinajstić information content (AvgIpc) is 2.88. The molecule has 3 N–H and O–H groups in total. The Bertz CT molecular complexity index is 658. The van der Waals surface area contributed by atoms with E-state index in [1.165, 1.54) is 6.07 Å². The van der Waals surface area contributed by atoms with E-state index in [0.29, 0.717) is 5.56 Å². The highest BCUT2D eigenvalue weighted by Crippen LogP contribution is 2.44. The number of sulfone groups is 1. The van der Waals surface area contributed by atoms with Crippen LogP contribution < -0.4 is 0 Å². The van der Waals surface area contributed by atoms with Crippen LogP contribution in [0.2, 0.25) is 0 Å². The minimum atomic E-state index is -4.23. The van der Waals surface area contributed by atoms with E-state index in [-0.39, 0.29) is 11.5 Å². The number of ether oxygens (including phenoxy) is 2. The van der Waals surface area contributed by atoms with E-state index in [4.69, 9.17) is 9.47 Å². The van der Waals surface area contributed by atoms with Gasteiger partial charge in [0.25, 0.3) is 0 Å². The summed E-state index contributed by atoms with van der Waals surface area (Å²) in [7, 11) is -4.23. The SMILES string of the molecule is Cc1ccccc1S(=O)(=O)[C@]12OC[C@@H](O1)[C@@H](O)[C@H](O)[C@H]2O. The summed E-state index contributed by atoms with van der Waals surface area (Å²) in [5.74, 6) is 0. The molecule has 21 heavy (non-hydrogen) atoms. The molecule has 5 atom stereocenters. The second-order valence-electron chi connectivity index (χ2n) is 5.27. The number of aliphatic hydroxyl groups excluding tert-OH is 3. The normalized spacial score (nSPS) is 39.4. The lowest BCUT2D eigenvalue weighted by atomic mass is 10.0. The first-order valence-electron chi connectivity index (χ1n) is 6.47. The van der Waals surface area contributed by atoms with Gasteiger partial charge >= 0.3 is 5.12 Å². The molecule has 2 bridgehead atoms. The van der Waals surface area contributed by atoms with Gasteiger partial charge in [-0.2, -0.15) is 0 Å². The van der Waals surface area contributed by atoms with Crippen molar-refractivity contribution in [2.75, 3.05) is 6.61 Å². The smallest absolute Gasteiger partial charge is 0.308 e. The predicted octanol–water partition coefficient (Wildman–Crippen LogP) is -1.07. The van der Waals surface area contributed by atoms with Crippen molar-refractivity contribution in [3.05, 3.63) is 29.8 Å². The summed E-state index contributed by atoms with van der Waals surface area (Å²) >= 11 is 0. The molecule has 0 amide bonds. The van der Waals surface area contributed by atoms with Crippen molar-refractivity contribution >= 4 is 9.84 Å². The van der Waals surface area contributed by atoms with Crippen molar-refractivity contribution in [3.8, 4) is 0 Å². The molecule has 0 unspecified atom stereocenters. The van der Waals surface area contributed by atoms with Crippen LogP contribution in [0.15, 0.2) is 29.2 Å². The molecule has 2 fully saturated rings. The highest BCUT2D eigenvalue weighted by molar-refractivity contribution is 7.92. The van der Waals surface area contributed by atoms with Crippen molar-refractivity contribution in [3.63, 3.8) is 0 Å². The molecule has 1 aromatic carbocycles. The molecular weight excluding hydrogens is 300 g/mol. The van der Waals surface area contributed by atoms with Gasteiger partial charge in [-0.25, -0.2) is 8.42 Å². The molecule has 2 heterocycles. The second-order valence-corrected chi connectivity index (χ2v) is 7.28. The van der Waals surface area contributed by atoms with Gasteiger partial charge in [-0.05, 0) is 18.6 Å². The van der Waals surface area contributed by atoms with E-state index in [1.54, 1.807) is 25.1 Å². The molecule has 0 radical (unpaired) electrons. The summed E-state index contributed by atoms with van der Waals surface area (Å²) in [5, 5.41) is 27.3. The van der Waals surface area contributed by atoms with Gasteiger partial charge in [-0.3, -0.25) is 0 Å². The molecule has 0 aromatic heterocycles. The quantitative estimate of drug-likeness (QED) is 0.637. The Morgan fingerprint density at radius 2 is 1.86 bits per heavy atom. The first-order valence-corrected chi connectivity index (χ1v) is 7.96. The number of rotatable bonds is 2. The standard InChI is InChI=1S/C13H16O7S/c1-7-4-2-3-5-9(7)21(17,18)13-12(16)11(15)10(14)8(20-13)6-19-13/h2-5,8,10-12,14-16H,6H2,1H3/t8-,10-,11+,12-,13-/m1/s1. The second kappa shape index (κ2) is 4.73. The molecule has 116 valence electrons. The largest absolute Gasteiger partial charge is 0.387 e. The molecule has 2 aliphatic heterocycles. The zero-order chi connectivity index (χ0) is 15.4. The van der Waals surface area contributed by atoms with Crippen LogP contribution >= 0.6 is 0 Å². The lowest BCUT2D eigenvalue weighted by molar-refractivity contribution is -0.251. The van der Waals surface area contributed by atoms with Gasteiger partial charge in [-0.15, -0.1) is 0 Å². The maximum atomic E-state index is 12.8. The summed E-state index contributed by atoms with van der Waals surface area (Å²) in [6, 6.07) is 6.21. The van der Waals surface area contributed by atoms with Crippen LogP contribution in [0, 0.1) is 6.92 Å². The first kappa shape index (κ1) is 14.9. The molecule has 2 saturated heterocycles. The summed E-state index contributed by atoms with van der Waals surface area (Å²) in [6.07, 6.45) is -5.97. The Kier molecular flexibility index (Phi) is 3.36. The number of hydrogen-bond acceptors (Lipinski definition) is 7. The Hall–Kier alpha value is -1.03. The summed E-state index contributed by atoms with van der Waals surface area (Å²) in [4.78, 5) is -0.0479. The fraction of sp³-hybridized carbons (Fsp3) is 0.538. The van der Waals surface area contributed by atoms with Crippen LogP contribution in [0.25, 0.3) is 0 Å². The van der Waals surface area contributed by atoms with E-state index < -0.39 is 39.4 Å². The van der Waals surface area contributed by atoms with Crippen LogP contribution in [0.4, 0.5) is 0 Å². The third-order valence-corrected chi connectivity index (χ3v) is 6.18. The molecule has 0 saturated carbocycles. The van der Waals surface area contributed by atoms with Gasteiger partial charge in [0.1, 0.15) is 18.3 Å². The van der Waals surface area contributed by atoms with Crippen molar-refractivity contribution in [1.29, 1.82) is 0 Å². The van der Waals surface area contributed by atoms with Gasteiger partial charge in [-0.1, -0.05) is 18.2 Å². The number of benzene rings is 1. The van der Waals surface area contributed by atoms with E-state index in [2.05, 4.69) is 0 Å². The zero-order valence-electron chi connectivity index (χ0n) is 11.2. The number of aliphatic hydroxyl groups is 3. The number of hydrogen-bond donors (Lipinski definition) is 3. The molecule has 1 aromatic rings. The number of aryl methyl sites for hydroxylation is 1. The number of fused-ring (bicyclic) bond motifs is 2. The lowest BCUT2D eigenvalue weighted by Crippen LogP contribution is -2.63. The van der Waals surface area contributed by atoms with Gasteiger partial charge < -0.3 is 24.8 Å². The maximum absolute atomic E-state index is 12.8. The molecular formula is C13H16O7S. The van der Waals surface area contributed by atoms with Crippen molar-refractivity contribution < 1.29 is 33.2 Å². The molecule has 0 spiro atoms. The van der Waals surface area contributed by atoms with E-state index in [9.17, 15) is 23.7 Å². The fourth-order valence-corrected chi connectivity index (χ4v) is 4.71. The summed E-state index contributed by atoms with van der Waals surface area (Å²) in [5.41, 5.74) is 0.468. The van der Waals surface area contributed by atoms with Gasteiger partial charge in [0, 0.05) is 0 Å². The van der Waals surface area contributed by atoms with Crippen molar-refractivity contribution in [2.24, 2.45) is 0 Å². The fourth-order valence-electron chi connectivity index (χ4n) is 2.73. The van der Waals surface area contributed by atoms with Crippen molar-refractivity contribution in [1.82, 2.24) is 0 Å². The highest BCUT2D eigenvalue weighted by atomic mass is 32.2. The van der Waals surface area contributed by atoms with Crippen LogP contribution in [-0.2, 0) is 19.3 Å². The molecule has 8 heteroatoms. The lowest BCUT2D eigenvalue weighted by Gasteiger charge is -2.40. The maximum Gasteiger partial charge on any atom is 0.308 e. The first-order chi connectivity index (χ1) is 9.81. The molecule has 2 aliphatic rings. The Labute approximate surface area is 121 Å². The Morgan fingerprint density at radius 3 is 2.52 bits per heavy atom. The van der Waals surface area contributed by atoms with Crippen LogP contribution in [0.1, 0.15) is 5.56 Å². The minimum Gasteiger partial charge on any atom is -0.387 e. The van der Waals surface area contributed by atoms with E-state index in [0.717, 1.165) is 0 Å². The predicted molar refractivity (Wildman–Crippen MR) is 69.9 cm³/mol.